The van der Waals surface area contributed by atoms with Crippen LogP contribution in [0.5, 0.6) is 0 Å². The summed E-state index contributed by atoms with van der Waals surface area (Å²) in [5.41, 5.74) is 1.28. The van der Waals surface area contributed by atoms with E-state index < -0.39 is 0 Å². The summed E-state index contributed by atoms with van der Waals surface area (Å²) in [4.78, 5) is 30.5. The SMILES string of the molecule is O=C(c1c[nH]c(=O)[nH]1)N1CCCC[C@@H](c2ccccc2)C1. The second-order valence-corrected chi connectivity index (χ2v) is 5.51. The highest BCUT2D eigenvalue weighted by Gasteiger charge is 2.24. The van der Waals surface area contributed by atoms with Gasteiger partial charge in [0.1, 0.15) is 5.69 Å². The topological polar surface area (TPSA) is 69.0 Å². The van der Waals surface area contributed by atoms with Gasteiger partial charge in [0.25, 0.3) is 5.91 Å². The summed E-state index contributed by atoms with van der Waals surface area (Å²) in [5, 5.41) is 0. The first-order valence-electron chi connectivity index (χ1n) is 7.36. The first-order valence-corrected chi connectivity index (χ1v) is 7.36. The van der Waals surface area contributed by atoms with Gasteiger partial charge in [-0.1, -0.05) is 36.8 Å². The number of carbonyl (C=O) groups excluding carboxylic acids is 1. The van der Waals surface area contributed by atoms with Gasteiger partial charge in [-0.2, -0.15) is 0 Å². The Morgan fingerprint density at radius 2 is 2.00 bits per heavy atom. The van der Waals surface area contributed by atoms with Gasteiger partial charge in [-0.3, -0.25) is 4.79 Å². The Morgan fingerprint density at radius 1 is 1.19 bits per heavy atom. The molecule has 1 fully saturated rings. The first kappa shape index (κ1) is 13.7. The van der Waals surface area contributed by atoms with Crippen LogP contribution in [0.25, 0.3) is 0 Å². The van der Waals surface area contributed by atoms with Crippen molar-refractivity contribution in [3.05, 3.63) is 58.3 Å². The maximum absolute atomic E-state index is 12.5. The van der Waals surface area contributed by atoms with Crippen LogP contribution in [0.3, 0.4) is 0 Å². The third kappa shape index (κ3) is 3.07. The molecule has 1 atom stereocenters. The quantitative estimate of drug-likeness (QED) is 0.887. The molecule has 1 aromatic heterocycles. The fourth-order valence-electron chi connectivity index (χ4n) is 2.94. The fourth-order valence-corrected chi connectivity index (χ4v) is 2.94. The van der Waals surface area contributed by atoms with E-state index in [4.69, 9.17) is 0 Å². The standard InChI is InChI=1S/C16H19N3O2/c20-15(14-10-17-16(21)18-14)19-9-5-4-8-13(11-19)12-6-2-1-3-7-12/h1-3,6-7,10,13H,4-5,8-9,11H2,(H2,17,18,21)/t13-/m1/s1. The van der Waals surface area contributed by atoms with Gasteiger partial charge in [-0.25, -0.2) is 4.79 Å². The van der Waals surface area contributed by atoms with E-state index in [9.17, 15) is 9.59 Å². The van der Waals surface area contributed by atoms with Crippen molar-refractivity contribution in [2.75, 3.05) is 13.1 Å². The third-order valence-electron chi connectivity index (χ3n) is 4.06. The van der Waals surface area contributed by atoms with Gasteiger partial charge in [-0.15, -0.1) is 0 Å². The van der Waals surface area contributed by atoms with Gasteiger partial charge in [0.2, 0.25) is 0 Å². The molecule has 0 unspecified atom stereocenters. The van der Waals surface area contributed by atoms with E-state index in [1.165, 1.54) is 11.8 Å². The van der Waals surface area contributed by atoms with Gasteiger partial charge in [0, 0.05) is 25.2 Å². The van der Waals surface area contributed by atoms with Crippen molar-refractivity contribution in [1.82, 2.24) is 14.9 Å². The number of hydrogen-bond acceptors (Lipinski definition) is 2. The number of hydrogen-bond donors (Lipinski definition) is 2. The van der Waals surface area contributed by atoms with Crippen LogP contribution in [0.2, 0.25) is 0 Å². The van der Waals surface area contributed by atoms with Crippen LogP contribution in [0, 0.1) is 0 Å². The summed E-state index contributed by atoms with van der Waals surface area (Å²) in [6.45, 7) is 1.45. The van der Waals surface area contributed by atoms with Crippen molar-refractivity contribution < 1.29 is 4.79 Å². The molecular weight excluding hydrogens is 266 g/mol. The number of likely N-dealkylation sites (tertiary alicyclic amines) is 1. The van der Waals surface area contributed by atoms with Gasteiger partial charge in [0.05, 0.1) is 0 Å². The Bertz CT molecular complexity index is 659. The van der Waals surface area contributed by atoms with Crippen molar-refractivity contribution in [2.45, 2.75) is 25.2 Å². The van der Waals surface area contributed by atoms with E-state index in [0.717, 1.165) is 25.8 Å². The highest BCUT2D eigenvalue weighted by molar-refractivity contribution is 5.92. The maximum Gasteiger partial charge on any atom is 0.323 e. The number of amides is 1. The minimum Gasteiger partial charge on any atom is -0.337 e. The maximum atomic E-state index is 12.5. The number of H-pyrrole nitrogens is 2. The highest BCUT2D eigenvalue weighted by Crippen LogP contribution is 2.26. The molecule has 0 radical (unpaired) electrons. The van der Waals surface area contributed by atoms with Gasteiger partial charge < -0.3 is 14.9 Å². The lowest BCUT2D eigenvalue weighted by atomic mass is 9.94. The molecule has 3 rings (SSSR count). The molecule has 1 amide bonds. The Balaban J connectivity index is 1.79. The zero-order chi connectivity index (χ0) is 14.7. The molecule has 110 valence electrons. The average molecular weight is 285 g/mol. The van der Waals surface area contributed by atoms with Crippen LogP contribution in [-0.4, -0.2) is 33.9 Å². The molecule has 5 nitrogen and oxygen atoms in total. The minimum absolute atomic E-state index is 0.101. The number of aromatic amines is 2. The number of nitrogens with one attached hydrogen (secondary N) is 2. The molecule has 0 saturated carbocycles. The Hall–Kier alpha value is -2.30. The highest BCUT2D eigenvalue weighted by atomic mass is 16.2. The fraction of sp³-hybridized carbons (Fsp3) is 0.375. The van der Waals surface area contributed by atoms with E-state index in [1.54, 1.807) is 0 Å². The van der Waals surface area contributed by atoms with Crippen molar-refractivity contribution in [2.24, 2.45) is 0 Å². The molecule has 1 aromatic carbocycles. The van der Waals surface area contributed by atoms with Crippen molar-refractivity contribution >= 4 is 5.91 Å². The monoisotopic (exact) mass is 285 g/mol. The van der Waals surface area contributed by atoms with E-state index in [1.807, 2.05) is 23.1 Å². The number of imidazole rings is 1. The van der Waals surface area contributed by atoms with Crippen LogP contribution in [-0.2, 0) is 0 Å². The van der Waals surface area contributed by atoms with Crippen LogP contribution >= 0.6 is 0 Å². The Morgan fingerprint density at radius 3 is 2.71 bits per heavy atom. The zero-order valence-electron chi connectivity index (χ0n) is 11.8. The van der Waals surface area contributed by atoms with E-state index >= 15 is 0 Å². The van der Waals surface area contributed by atoms with E-state index in [2.05, 4.69) is 22.1 Å². The lowest BCUT2D eigenvalue weighted by Crippen LogP contribution is -2.34. The predicted octanol–water partition coefficient (Wildman–Crippen LogP) is 2.11. The second-order valence-electron chi connectivity index (χ2n) is 5.51. The lowest BCUT2D eigenvalue weighted by molar-refractivity contribution is 0.0749. The van der Waals surface area contributed by atoms with Gasteiger partial charge in [-0.05, 0) is 18.4 Å². The number of benzene rings is 1. The average Bonchev–Trinajstić information content (AvgIpc) is 2.81. The molecule has 2 aromatic rings. The third-order valence-corrected chi connectivity index (χ3v) is 4.06. The largest absolute Gasteiger partial charge is 0.337 e. The minimum atomic E-state index is -0.340. The first-order chi connectivity index (χ1) is 10.2. The van der Waals surface area contributed by atoms with Crippen molar-refractivity contribution in [1.29, 1.82) is 0 Å². The molecular formula is C16H19N3O2. The van der Waals surface area contributed by atoms with Gasteiger partial charge >= 0.3 is 5.69 Å². The van der Waals surface area contributed by atoms with Crippen molar-refractivity contribution in [3.8, 4) is 0 Å². The molecule has 0 bridgehead atoms. The molecule has 1 aliphatic heterocycles. The summed E-state index contributed by atoms with van der Waals surface area (Å²) >= 11 is 0. The molecule has 0 spiro atoms. The molecule has 0 aliphatic carbocycles. The summed E-state index contributed by atoms with van der Waals surface area (Å²) in [6, 6.07) is 10.3. The second kappa shape index (κ2) is 5.99. The van der Waals surface area contributed by atoms with Crippen LogP contribution in [0.1, 0.15) is 41.2 Å². The summed E-state index contributed by atoms with van der Waals surface area (Å²) in [7, 11) is 0. The van der Waals surface area contributed by atoms with E-state index in [-0.39, 0.29) is 11.6 Å². The Labute approximate surface area is 123 Å². The molecule has 1 saturated heterocycles. The Kier molecular flexibility index (Phi) is 3.90. The number of carbonyl (C=O) groups is 1. The smallest absolute Gasteiger partial charge is 0.323 e. The molecule has 21 heavy (non-hydrogen) atoms. The van der Waals surface area contributed by atoms with Crippen LogP contribution < -0.4 is 5.69 Å². The molecule has 2 N–H and O–H groups in total. The van der Waals surface area contributed by atoms with Crippen LogP contribution in [0.15, 0.2) is 41.3 Å². The molecule has 1 aliphatic rings. The van der Waals surface area contributed by atoms with Crippen LogP contribution in [0.4, 0.5) is 0 Å². The van der Waals surface area contributed by atoms with Crippen molar-refractivity contribution in [3.63, 3.8) is 0 Å². The molecule has 5 heteroatoms. The number of nitrogens with zero attached hydrogens (tertiary/aromatic N) is 1. The summed E-state index contributed by atoms with van der Waals surface area (Å²) < 4.78 is 0. The molecule has 2 heterocycles. The number of aromatic nitrogens is 2. The summed E-state index contributed by atoms with van der Waals surface area (Å²) in [5.74, 6) is 0.263. The van der Waals surface area contributed by atoms with Gasteiger partial charge in [0.15, 0.2) is 0 Å². The normalized spacial score (nSPS) is 19.2. The summed E-state index contributed by atoms with van der Waals surface area (Å²) in [6.07, 6.45) is 4.67. The zero-order valence-corrected chi connectivity index (χ0v) is 11.8. The van der Waals surface area contributed by atoms with E-state index in [0.29, 0.717) is 18.2 Å². The predicted molar refractivity (Wildman–Crippen MR) is 80.4 cm³/mol. The number of rotatable bonds is 2. The lowest BCUT2D eigenvalue weighted by Gasteiger charge is -2.24.